The Labute approximate surface area is 155 Å². The lowest BCUT2D eigenvalue weighted by molar-refractivity contribution is -0.131. The number of likely N-dealkylation sites (tertiary alicyclic amines) is 1. The maximum atomic E-state index is 12.4. The van der Waals surface area contributed by atoms with Crippen LogP contribution in [-0.2, 0) is 14.6 Å². The number of hydrogen-bond donors (Lipinski definition) is 0. The Bertz CT molecular complexity index is 837. The number of hydrogen-bond acceptors (Lipinski definition) is 3. The number of nitrogens with zero attached hydrogens (tertiary/aromatic N) is 1. The van der Waals surface area contributed by atoms with Gasteiger partial charge in [-0.3, -0.25) is 4.79 Å². The largest absolute Gasteiger partial charge is 0.343 e. The van der Waals surface area contributed by atoms with Crippen molar-refractivity contribution in [1.29, 1.82) is 0 Å². The lowest BCUT2D eigenvalue weighted by Crippen LogP contribution is -2.38. The van der Waals surface area contributed by atoms with Crippen molar-refractivity contribution in [2.45, 2.75) is 37.0 Å². The molecule has 2 aromatic rings. The minimum absolute atomic E-state index is 0.0478. The topological polar surface area (TPSA) is 54.5 Å². The molecule has 4 nitrogen and oxygen atoms in total. The van der Waals surface area contributed by atoms with E-state index >= 15 is 0 Å². The van der Waals surface area contributed by atoms with Gasteiger partial charge in [-0.2, -0.15) is 0 Å². The number of benzene rings is 2. The molecule has 0 saturated carbocycles. The van der Waals surface area contributed by atoms with Crippen LogP contribution < -0.4 is 0 Å². The molecule has 0 bridgehead atoms. The van der Waals surface area contributed by atoms with Gasteiger partial charge in [0.1, 0.15) is 0 Å². The highest BCUT2D eigenvalue weighted by molar-refractivity contribution is 7.91. The van der Waals surface area contributed by atoms with E-state index in [1.54, 1.807) is 24.3 Å². The molecule has 5 heteroatoms. The van der Waals surface area contributed by atoms with E-state index < -0.39 is 9.84 Å². The summed E-state index contributed by atoms with van der Waals surface area (Å²) in [6.45, 7) is 3.31. The number of piperidine rings is 1. The molecule has 1 heterocycles. The second kappa shape index (κ2) is 8.04. The summed E-state index contributed by atoms with van der Waals surface area (Å²) in [5.74, 6) is 0.289. The Hall–Kier alpha value is -2.14. The molecule has 0 aliphatic carbocycles. The zero-order valence-corrected chi connectivity index (χ0v) is 15.9. The third kappa shape index (κ3) is 4.52. The van der Waals surface area contributed by atoms with Gasteiger partial charge >= 0.3 is 0 Å². The molecule has 26 heavy (non-hydrogen) atoms. The van der Waals surface area contributed by atoms with E-state index in [4.69, 9.17) is 0 Å². The summed E-state index contributed by atoms with van der Waals surface area (Å²) in [6.07, 6.45) is 1.91. The first-order valence-electron chi connectivity index (χ1n) is 9.08. The minimum atomic E-state index is -3.41. The second-order valence-corrected chi connectivity index (χ2v) is 9.06. The van der Waals surface area contributed by atoms with Crippen molar-refractivity contribution in [3.8, 4) is 0 Å². The highest BCUT2D eigenvalue weighted by Gasteiger charge is 2.25. The Morgan fingerprint density at radius 1 is 1.00 bits per heavy atom. The molecule has 1 fully saturated rings. The number of carbonyl (C=O) groups is 1. The number of amides is 1. The smallest absolute Gasteiger partial charge is 0.223 e. The van der Waals surface area contributed by atoms with Gasteiger partial charge < -0.3 is 4.90 Å². The van der Waals surface area contributed by atoms with Gasteiger partial charge in [0, 0.05) is 19.5 Å². The van der Waals surface area contributed by atoms with Crippen LogP contribution in [0.3, 0.4) is 0 Å². The molecule has 138 valence electrons. The van der Waals surface area contributed by atoms with Gasteiger partial charge in [0.2, 0.25) is 5.91 Å². The van der Waals surface area contributed by atoms with E-state index in [0.29, 0.717) is 23.9 Å². The summed E-state index contributed by atoms with van der Waals surface area (Å²) >= 11 is 0. The van der Waals surface area contributed by atoms with Crippen LogP contribution in [0.2, 0.25) is 0 Å². The molecular formula is C21H25NO3S. The summed E-state index contributed by atoms with van der Waals surface area (Å²) < 4.78 is 24.8. The van der Waals surface area contributed by atoms with E-state index in [-0.39, 0.29) is 18.1 Å². The van der Waals surface area contributed by atoms with Crippen molar-refractivity contribution in [3.05, 3.63) is 65.7 Å². The van der Waals surface area contributed by atoms with Gasteiger partial charge in [-0.15, -0.1) is 0 Å². The van der Waals surface area contributed by atoms with E-state index in [9.17, 15) is 13.2 Å². The first-order chi connectivity index (χ1) is 12.5. The average Bonchev–Trinajstić information content (AvgIpc) is 2.67. The number of carbonyl (C=O) groups excluding carboxylic acids is 1. The quantitative estimate of drug-likeness (QED) is 0.807. The molecule has 0 aromatic heterocycles. The lowest BCUT2D eigenvalue weighted by atomic mass is 9.89. The molecular weight excluding hydrogens is 346 g/mol. The van der Waals surface area contributed by atoms with Crippen LogP contribution in [0.1, 0.15) is 36.3 Å². The van der Waals surface area contributed by atoms with Gasteiger partial charge in [0.05, 0.1) is 10.6 Å². The maximum Gasteiger partial charge on any atom is 0.223 e. The van der Waals surface area contributed by atoms with Gasteiger partial charge in [-0.05, 0) is 43.4 Å². The van der Waals surface area contributed by atoms with Crippen LogP contribution in [0, 0.1) is 6.92 Å². The average molecular weight is 372 g/mol. The number of rotatable bonds is 5. The number of aryl methyl sites for hydroxylation is 1. The van der Waals surface area contributed by atoms with E-state index in [0.717, 1.165) is 18.4 Å². The molecule has 0 spiro atoms. The van der Waals surface area contributed by atoms with Crippen molar-refractivity contribution in [2.75, 3.05) is 18.8 Å². The predicted molar refractivity (Wildman–Crippen MR) is 103 cm³/mol. The zero-order valence-electron chi connectivity index (χ0n) is 15.1. The van der Waals surface area contributed by atoms with Gasteiger partial charge in [0.15, 0.2) is 9.84 Å². The fourth-order valence-electron chi connectivity index (χ4n) is 3.43. The lowest BCUT2D eigenvalue weighted by Gasteiger charge is -2.32. The SMILES string of the molecule is Cc1ccc(S(=O)(=O)CCC(=O)N2CCC(c3ccccc3)CC2)cc1. The van der Waals surface area contributed by atoms with Crippen LogP contribution in [0.5, 0.6) is 0 Å². The predicted octanol–water partition coefficient (Wildman–Crippen LogP) is 3.57. The standard InChI is InChI=1S/C21H25NO3S/c1-17-7-9-20(10-8-17)26(24,25)16-13-21(23)22-14-11-19(12-15-22)18-5-3-2-4-6-18/h2-10,19H,11-16H2,1H3. The molecule has 0 radical (unpaired) electrons. The highest BCUT2D eigenvalue weighted by Crippen LogP contribution is 2.28. The molecule has 0 N–H and O–H groups in total. The molecule has 1 aliphatic heterocycles. The van der Waals surface area contributed by atoms with Crippen LogP contribution in [0.15, 0.2) is 59.5 Å². The van der Waals surface area contributed by atoms with E-state index in [1.807, 2.05) is 30.0 Å². The molecule has 1 amide bonds. The Kier molecular flexibility index (Phi) is 5.77. The van der Waals surface area contributed by atoms with E-state index in [1.165, 1.54) is 5.56 Å². The zero-order chi connectivity index (χ0) is 18.6. The van der Waals surface area contributed by atoms with Crippen molar-refractivity contribution >= 4 is 15.7 Å². The summed E-state index contributed by atoms with van der Waals surface area (Å²) in [5, 5.41) is 0. The molecule has 3 rings (SSSR count). The Morgan fingerprint density at radius 3 is 2.23 bits per heavy atom. The normalized spacial score (nSPS) is 15.8. The van der Waals surface area contributed by atoms with Gasteiger partial charge in [-0.1, -0.05) is 48.0 Å². The van der Waals surface area contributed by atoms with Crippen molar-refractivity contribution in [2.24, 2.45) is 0 Å². The van der Waals surface area contributed by atoms with Crippen molar-refractivity contribution < 1.29 is 13.2 Å². The molecule has 1 aliphatic rings. The minimum Gasteiger partial charge on any atom is -0.343 e. The first-order valence-corrected chi connectivity index (χ1v) is 10.7. The second-order valence-electron chi connectivity index (χ2n) is 6.95. The van der Waals surface area contributed by atoms with Crippen LogP contribution in [-0.4, -0.2) is 38.1 Å². The molecule has 0 atom stereocenters. The van der Waals surface area contributed by atoms with Crippen molar-refractivity contribution in [1.82, 2.24) is 4.90 Å². The summed E-state index contributed by atoms with van der Waals surface area (Å²) in [5.41, 5.74) is 2.34. The number of sulfone groups is 1. The van der Waals surface area contributed by atoms with Crippen LogP contribution in [0.4, 0.5) is 0 Å². The van der Waals surface area contributed by atoms with E-state index in [2.05, 4.69) is 12.1 Å². The van der Waals surface area contributed by atoms with Crippen LogP contribution in [0.25, 0.3) is 0 Å². The summed E-state index contributed by atoms with van der Waals surface area (Å²) in [7, 11) is -3.41. The summed E-state index contributed by atoms with van der Waals surface area (Å²) in [4.78, 5) is 14.5. The van der Waals surface area contributed by atoms with Crippen LogP contribution >= 0.6 is 0 Å². The third-order valence-electron chi connectivity index (χ3n) is 5.08. The Balaban J connectivity index is 1.52. The fourth-order valence-corrected chi connectivity index (χ4v) is 4.66. The molecule has 2 aromatic carbocycles. The molecule has 0 unspecified atom stereocenters. The Morgan fingerprint density at radius 2 is 1.62 bits per heavy atom. The van der Waals surface area contributed by atoms with Gasteiger partial charge in [0.25, 0.3) is 0 Å². The monoisotopic (exact) mass is 371 g/mol. The molecule has 1 saturated heterocycles. The third-order valence-corrected chi connectivity index (χ3v) is 6.82. The van der Waals surface area contributed by atoms with Gasteiger partial charge in [-0.25, -0.2) is 8.42 Å². The first kappa shape index (κ1) is 18.6. The maximum absolute atomic E-state index is 12.4. The summed E-state index contributed by atoms with van der Waals surface area (Å²) in [6, 6.07) is 17.2. The fraction of sp³-hybridized carbons (Fsp3) is 0.381. The van der Waals surface area contributed by atoms with Crippen molar-refractivity contribution in [3.63, 3.8) is 0 Å². The highest BCUT2D eigenvalue weighted by atomic mass is 32.2.